The molecule has 0 bridgehead atoms. The summed E-state index contributed by atoms with van der Waals surface area (Å²) in [7, 11) is 0. The molecule has 0 radical (unpaired) electrons. The van der Waals surface area contributed by atoms with Gasteiger partial charge >= 0.3 is 5.97 Å². The molecular formula is C18H25NO4. The van der Waals surface area contributed by atoms with Crippen LogP contribution >= 0.6 is 0 Å². The molecule has 1 amide bonds. The fraction of sp³-hybridized carbons (Fsp3) is 0.556. The first-order valence-electron chi connectivity index (χ1n) is 8.19. The number of hydrogen-bond acceptors (Lipinski definition) is 3. The lowest BCUT2D eigenvalue weighted by atomic mass is 9.90. The van der Waals surface area contributed by atoms with Crippen LogP contribution in [0.5, 0.6) is 0 Å². The Morgan fingerprint density at radius 1 is 1.17 bits per heavy atom. The number of nitrogens with one attached hydrogen (secondary N) is 1. The van der Waals surface area contributed by atoms with Crippen LogP contribution in [0, 0.1) is 6.92 Å². The maximum atomic E-state index is 12.1. The second-order valence-corrected chi connectivity index (χ2v) is 6.24. The van der Waals surface area contributed by atoms with Crippen LogP contribution in [-0.2, 0) is 20.7 Å². The van der Waals surface area contributed by atoms with Crippen molar-refractivity contribution in [3.63, 3.8) is 0 Å². The Morgan fingerprint density at radius 2 is 1.83 bits per heavy atom. The fourth-order valence-electron chi connectivity index (χ4n) is 2.81. The van der Waals surface area contributed by atoms with Gasteiger partial charge in [-0.25, -0.2) is 4.79 Å². The number of carboxylic acids is 1. The largest absolute Gasteiger partial charge is 0.480 e. The third-order valence-electron chi connectivity index (χ3n) is 4.37. The van der Waals surface area contributed by atoms with E-state index < -0.39 is 11.5 Å². The van der Waals surface area contributed by atoms with Crippen molar-refractivity contribution in [3.8, 4) is 0 Å². The molecule has 0 unspecified atom stereocenters. The van der Waals surface area contributed by atoms with Gasteiger partial charge in [-0.3, -0.25) is 4.79 Å². The van der Waals surface area contributed by atoms with Crippen molar-refractivity contribution in [2.24, 2.45) is 0 Å². The molecule has 0 saturated carbocycles. The number of carbonyl (C=O) groups excluding carboxylic acids is 1. The van der Waals surface area contributed by atoms with Crippen LogP contribution in [0.25, 0.3) is 0 Å². The van der Waals surface area contributed by atoms with Crippen molar-refractivity contribution in [1.29, 1.82) is 0 Å². The van der Waals surface area contributed by atoms with E-state index in [2.05, 4.69) is 36.5 Å². The van der Waals surface area contributed by atoms with Crippen LogP contribution in [0.4, 0.5) is 0 Å². The molecule has 1 saturated heterocycles. The molecule has 1 aliphatic rings. The van der Waals surface area contributed by atoms with Crippen LogP contribution in [0.1, 0.15) is 43.2 Å². The molecule has 5 nitrogen and oxygen atoms in total. The Balaban J connectivity index is 1.73. The first-order valence-corrected chi connectivity index (χ1v) is 8.19. The number of benzene rings is 1. The number of unbranched alkanes of at least 4 members (excludes halogenated alkanes) is 1. The average Bonchev–Trinajstić information content (AvgIpc) is 2.54. The van der Waals surface area contributed by atoms with Gasteiger partial charge in [0, 0.05) is 32.5 Å². The SMILES string of the molecule is Cc1ccc(CCCCC(=O)NC2(C(=O)O)CCOCC2)cc1. The lowest BCUT2D eigenvalue weighted by Crippen LogP contribution is -2.57. The number of amides is 1. The van der Waals surface area contributed by atoms with Gasteiger partial charge < -0.3 is 15.2 Å². The van der Waals surface area contributed by atoms with E-state index in [4.69, 9.17) is 4.74 Å². The summed E-state index contributed by atoms with van der Waals surface area (Å²) in [6.07, 6.45) is 3.63. The molecule has 2 rings (SSSR count). The highest BCUT2D eigenvalue weighted by Crippen LogP contribution is 2.21. The Labute approximate surface area is 137 Å². The fourth-order valence-corrected chi connectivity index (χ4v) is 2.81. The van der Waals surface area contributed by atoms with E-state index in [1.165, 1.54) is 11.1 Å². The Bertz CT molecular complexity index is 532. The first kappa shape index (κ1) is 17.5. The number of ether oxygens (including phenoxy) is 1. The van der Waals surface area contributed by atoms with E-state index in [0.29, 0.717) is 32.5 Å². The summed E-state index contributed by atoms with van der Waals surface area (Å²) < 4.78 is 5.20. The highest BCUT2D eigenvalue weighted by atomic mass is 16.5. The Kier molecular flexibility index (Phi) is 6.16. The summed E-state index contributed by atoms with van der Waals surface area (Å²) in [6, 6.07) is 8.39. The Hall–Kier alpha value is -1.88. The van der Waals surface area contributed by atoms with Crippen LogP contribution in [0.15, 0.2) is 24.3 Å². The minimum absolute atomic E-state index is 0.182. The topological polar surface area (TPSA) is 75.6 Å². The third kappa shape index (κ3) is 5.06. The standard InChI is InChI=1S/C18H25NO4/c1-14-6-8-15(9-7-14)4-2-3-5-16(20)19-18(17(21)22)10-12-23-13-11-18/h6-9H,2-5,10-13H2,1H3,(H,19,20)(H,21,22). The van der Waals surface area contributed by atoms with E-state index in [1.807, 2.05) is 0 Å². The second-order valence-electron chi connectivity index (χ2n) is 6.24. The van der Waals surface area contributed by atoms with E-state index in [1.54, 1.807) is 0 Å². The van der Waals surface area contributed by atoms with Gasteiger partial charge in [-0.1, -0.05) is 29.8 Å². The van der Waals surface area contributed by atoms with Crippen LogP contribution in [0.2, 0.25) is 0 Å². The summed E-state index contributed by atoms with van der Waals surface area (Å²) in [6.45, 7) is 2.81. The van der Waals surface area contributed by atoms with Crippen molar-refractivity contribution >= 4 is 11.9 Å². The zero-order valence-corrected chi connectivity index (χ0v) is 13.6. The van der Waals surface area contributed by atoms with Gasteiger partial charge in [-0.15, -0.1) is 0 Å². The van der Waals surface area contributed by atoms with Crippen molar-refractivity contribution in [2.45, 2.75) is 51.0 Å². The smallest absolute Gasteiger partial charge is 0.329 e. The predicted molar refractivity (Wildman–Crippen MR) is 87.3 cm³/mol. The van der Waals surface area contributed by atoms with Gasteiger partial charge in [0.15, 0.2) is 0 Å². The molecule has 0 atom stereocenters. The summed E-state index contributed by atoms with van der Waals surface area (Å²) in [5, 5.41) is 12.1. The van der Waals surface area contributed by atoms with Crippen molar-refractivity contribution in [1.82, 2.24) is 5.32 Å². The number of hydrogen-bond donors (Lipinski definition) is 2. The average molecular weight is 319 g/mol. The number of carbonyl (C=O) groups is 2. The molecule has 1 fully saturated rings. The van der Waals surface area contributed by atoms with Crippen LogP contribution in [0.3, 0.4) is 0 Å². The lowest BCUT2D eigenvalue weighted by Gasteiger charge is -2.33. The van der Waals surface area contributed by atoms with Gasteiger partial charge in [0.1, 0.15) is 5.54 Å². The third-order valence-corrected chi connectivity index (χ3v) is 4.37. The summed E-state index contributed by atoms with van der Waals surface area (Å²) in [4.78, 5) is 23.5. The van der Waals surface area contributed by atoms with Crippen molar-refractivity contribution < 1.29 is 19.4 Å². The number of carboxylic acid groups (broad SMARTS) is 1. The summed E-state index contributed by atoms with van der Waals surface area (Å²) in [5.41, 5.74) is 1.36. The maximum Gasteiger partial charge on any atom is 0.329 e. The normalized spacial score (nSPS) is 16.7. The Morgan fingerprint density at radius 3 is 2.43 bits per heavy atom. The number of aryl methyl sites for hydroxylation is 2. The second kappa shape index (κ2) is 8.11. The van der Waals surface area contributed by atoms with Gasteiger partial charge in [0.25, 0.3) is 0 Å². The maximum absolute atomic E-state index is 12.1. The van der Waals surface area contributed by atoms with Crippen molar-refractivity contribution in [2.75, 3.05) is 13.2 Å². The highest BCUT2D eigenvalue weighted by molar-refractivity contribution is 5.87. The van der Waals surface area contributed by atoms with Crippen LogP contribution in [-0.4, -0.2) is 35.7 Å². The van der Waals surface area contributed by atoms with E-state index in [9.17, 15) is 14.7 Å². The molecule has 2 N–H and O–H groups in total. The van der Waals surface area contributed by atoms with Gasteiger partial charge in [-0.2, -0.15) is 0 Å². The van der Waals surface area contributed by atoms with Crippen molar-refractivity contribution in [3.05, 3.63) is 35.4 Å². The molecule has 1 aliphatic heterocycles. The molecule has 0 spiro atoms. The molecule has 1 aromatic rings. The first-order chi connectivity index (χ1) is 11.0. The molecule has 0 aromatic heterocycles. The van der Waals surface area contributed by atoms with E-state index >= 15 is 0 Å². The zero-order chi connectivity index (χ0) is 16.7. The van der Waals surface area contributed by atoms with Crippen LogP contribution < -0.4 is 5.32 Å². The minimum Gasteiger partial charge on any atom is -0.480 e. The molecule has 0 aliphatic carbocycles. The molecule has 1 heterocycles. The number of aliphatic carboxylic acids is 1. The lowest BCUT2D eigenvalue weighted by molar-refractivity contribution is -0.152. The van der Waals surface area contributed by atoms with Gasteiger partial charge in [0.05, 0.1) is 0 Å². The monoisotopic (exact) mass is 319 g/mol. The zero-order valence-electron chi connectivity index (χ0n) is 13.6. The summed E-state index contributed by atoms with van der Waals surface area (Å²) >= 11 is 0. The molecule has 5 heteroatoms. The summed E-state index contributed by atoms with van der Waals surface area (Å²) in [5.74, 6) is -1.15. The highest BCUT2D eigenvalue weighted by Gasteiger charge is 2.41. The predicted octanol–water partition coefficient (Wildman–Crippen LogP) is 2.46. The van der Waals surface area contributed by atoms with E-state index in [-0.39, 0.29) is 5.91 Å². The minimum atomic E-state index is -1.15. The van der Waals surface area contributed by atoms with E-state index in [0.717, 1.165) is 19.3 Å². The molecule has 126 valence electrons. The molecular weight excluding hydrogens is 294 g/mol. The van der Waals surface area contributed by atoms with Gasteiger partial charge in [0.2, 0.25) is 5.91 Å². The molecule has 1 aromatic carbocycles. The quantitative estimate of drug-likeness (QED) is 0.757. The molecule has 23 heavy (non-hydrogen) atoms. The number of rotatable bonds is 7. The van der Waals surface area contributed by atoms with Gasteiger partial charge in [-0.05, 0) is 31.7 Å².